The molecule has 0 radical (unpaired) electrons. The van der Waals surface area contributed by atoms with E-state index in [2.05, 4.69) is 21.5 Å². The van der Waals surface area contributed by atoms with Crippen molar-refractivity contribution in [3.63, 3.8) is 0 Å². The maximum Gasteiger partial charge on any atom is 0.417 e. The molecule has 8 heteroatoms. The molecule has 156 valence electrons. The van der Waals surface area contributed by atoms with Gasteiger partial charge in [-0.05, 0) is 50.2 Å². The first-order valence-electron chi connectivity index (χ1n) is 9.85. The number of nitrogens with one attached hydrogen (secondary N) is 1. The Morgan fingerprint density at radius 3 is 2.62 bits per heavy atom. The summed E-state index contributed by atoms with van der Waals surface area (Å²) >= 11 is 0. The largest absolute Gasteiger partial charge is 0.417 e. The van der Waals surface area contributed by atoms with E-state index >= 15 is 0 Å². The number of nitrogens with zero attached hydrogens (tertiary/aromatic N) is 3. The summed E-state index contributed by atoms with van der Waals surface area (Å²) in [7, 11) is 0. The lowest BCUT2D eigenvalue weighted by Gasteiger charge is -2.14. The third kappa shape index (κ3) is 5.05. The molecule has 0 unspecified atom stereocenters. The van der Waals surface area contributed by atoms with Gasteiger partial charge in [0.25, 0.3) is 5.91 Å². The number of halogens is 3. The first-order valence-corrected chi connectivity index (χ1v) is 9.85. The van der Waals surface area contributed by atoms with Crippen molar-refractivity contribution >= 4 is 5.91 Å². The Kier molecular flexibility index (Phi) is 6.39. The summed E-state index contributed by atoms with van der Waals surface area (Å²) < 4.78 is 39.8. The Morgan fingerprint density at radius 1 is 1.24 bits per heavy atom. The van der Waals surface area contributed by atoms with Gasteiger partial charge < -0.3 is 5.32 Å². The molecule has 2 aromatic rings. The van der Waals surface area contributed by atoms with Crippen LogP contribution >= 0.6 is 0 Å². The van der Waals surface area contributed by atoms with Gasteiger partial charge in [-0.2, -0.15) is 18.3 Å². The highest BCUT2D eigenvalue weighted by molar-refractivity contribution is 5.95. The third-order valence-electron chi connectivity index (χ3n) is 5.01. The fourth-order valence-electron chi connectivity index (χ4n) is 3.51. The number of pyridine rings is 1. The van der Waals surface area contributed by atoms with Gasteiger partial charge in [-0.25, -0.2) is 9.67 Å². The van der Waals surface area contributed by atoms with Crippen molar-refractivity contribution in [3.8, 4) is 5.82 Å². The zero-order chi connectivity index (χ0) is 21.0. The molecule has 3 rings (SSSR count). The van der Waals surface area contributed by atoms with Gasteiger partial charge in [0, 0.05) is 12.7 Å². The number of aromatic nitrogens is 3. The van der Waals surface area contributed by atoms with Crippen LogP contribution in [0.1, 0.15) is 73.5 Å². The van der Waals surface area contributed by atoms with Crippen molar-refractivity contribution < 1.29 is 18.0 Å². The predicted octanol–water partition coefficient (Wildman–Crippen LogP) is 5.03. The van der Waals surface area contributed by atoms with Gasteiger partial charge in [-0.1, -0.05) is 25.5 Å². The van der Waals surface area contributed by atoms with Gasteiger partial charge in [-0.3, -0.25) is 4.79 Å². The van der Waals surface area contributed by atoms with E-state index in [0.717, 1.165) is 31.5 Å². The average Bonchev–Trinajstić information content (AvgIpc) is 3.14. The van der Waals surface area contributed by atoms with Crippen molar-refractivity contribution in [2.75, 3.05) is 6.54 Å². The second-order valence-corrected chi connectivity index (χ2v) is 7.53. The summed E-state index contributed by atoms with van der Waals surface area (Å²) in [4.78, 5) is 16.6. The molecule has 0 aliphatic heterocycles. The van der Waals surface area contributed by atoms with E-state index in [1.54, 1.807) is 0 Å². The Bertz CT molecular complexity index is 882. The van der Waals surface area contributed by atoms with Gasteiger partial charge in [0.2, 0.25) is 0 Å². The fourth-order valence-corrected chi connectivity index (χ4v) is 3.51. The van der Waals surface area contributed by atoms with E-state index in [4.69, 9.17) is 0 Å². The summed E-state index contributed by atoms with van der Waals surface area (Å²) in [5.41, 5.74) is 1.59. The summed E-state index contributed by atoms with van der Waals surface area (Å²) in [6, 6.07) is 2.23. The molecule has 1 aliphatic carbocycles. The molecule has 2 heterocycles. The summed E-state index contributed by atoms with van der Waals surface area (Å²) in [5.74, 6) is -0.0558. The molecule has 2 aromatic heterocycles. The van der Waals surface area contributed by atoms with Gasteiger partial charge >= 0.3 is 6.18 Å². The maximum absolute atomic E-state index is 12.8. The number of hydrogen-bond donors (Lipinski definition) is 1. The predicted molar refractivity (Wildman–Crippen MR) is 104 cm³/mol. The van der Waals surface area contributed by atoms with Gasteiger partial charge in [0.05, 0.1) is 23.0 Å². The number of carbonyl (C=O) groups is 1. The number of rotatable bonds is 6. The van der Waals surface area contributed by atoms with Crippen molar-refractivity contribution in [3.05, 3.63) is 53.0 Å². The van der Waals surface area contributed by atoms with Crippen LogP contribution in [0, 0.1) is 0 Å². The molecule has 0 saturated heterocycles. The molecule has 0 saturated carbocycles. The molecule has 1 aliphatic rings. The van der Waals surface area contributed by atoms with Crippen LogP contribution in [0.15, 0.2) is 36.2 Å². The van der Waals surface area contributed by atoms with Gasteiger partial charge in [0.1, 0.15) is 0 Å². The number of amides is 1. The first kappa shape index (κ1) is 21.1. The highest BCUT2D eigenvalue weighted by Crippen LogP contribution is 2.29. The lowest BCUT2D eigenvalue weighted by molar-refractivity contribution is -0.137. The topological polar surface area (TPSA) is 59.8 Å². The lowest BCUT2D eigenvalue weighted by Crippen LogP contribution is -2.26. The first-order chi connectivity index (χ1) is 13.8. The standard InChI is InChI=1S/C21H25F3N4O/c1-14(2)19-17(20(29)25-11-10-15-6-4-3-5-7-15)13-27-28(19)18-9-8-16(12-26-18)21(22,23)24/h6,8-9,12-14H,3-5,7,10-11H2,1-2H3,(H,25,29). The van der Waals surface area contributed by atoms with Crippen molar-refractivity contribution in [1.82, 2.24) is 20.1 Å². The third-order valence-corrected chi connectivity index (χ3v) is 5.01. The normalized spacial score (nSPS) is 14.8. The number of hydrogen-bond acceptors (Lipinski definition) is 3. The average molecular weight is 406 g/mol. The Morgan fingerprint density at radius 2 is 2.03 bits per heavy atom. The Labute approximate surface area is 168 Å². The lowest BCUT2D eigenvalue weighted by atomic mass is 9.97. The highest BCUT2D eigenvalue weighted by Gasteiger charge is 2.31. The molecule has 1 N–H and O–H groups in total. The molecule has 0 aromatic carbocycles. The van der Waals surface area contributed by atoms with Crippen molar-refractivity contribution in [1.29, 1.82) is 0 Å². The van der Waals surface area contributed by atoms with E-state index in [1.807, 2.05) is 13.8 Å². The Balaban J connectivity index is 1.76. The quantitative estimate of drug-likeness (QED) is 0.685. The van der Waals surface area contributed by atoms with Crippen LogP contribution in [-0.4, -0.2) is 27.2 Å². The van der Waals surface area contributed by atoms with Crippen LogP contribution in [0.25, 0.3) is 5.82 Å². The van der Waals surface area contributed by atoms with Crippen LogP contribution in [0.3, 0.4) is 0 Å². The SMILES string of the molecule is CC(C)c1c(C(=O)NCCC2=CCCCC2)cnn1-c1ccc(C(F)(F)F)cn1. The van der Waals surface area contributed by atoms with E-state index < -0.39 is 11.7 Å². The van der Waals surface area contributed by atoms with E-state index in [-0.39, 0.29) is 17.6 Å². The molecule has 1 amide bonds. The molecular formula is C21H25F3N4O. The second kappa shape index (κ2) is 8.80. The maximum atomic E-state index is 12.8. The van der Waals surface area contributed by atoms with E-state index in [9.17, 15) is 18.0 Å². The van der Waals surface area contributed by atoms with Crippen LogP contribution < -0.4 is 5.32 Å². The minimum absolute atomic E-state index is 0.0663. The van der Waals surface area contributed by atoms with Gasteiger partial charge in [-0.15, -0.1) is 0 Å². The zero-order valence-electron chi connectivity index (χ0n) is 16.6. The minimum atomic E-state index is -4.45. The van der Waals surface area contributed by atoms with Crippen molar-refractivity contribution in [2.45, 2.75) is 58.0 Å². The van der Waals surface area contributed by atoms with Crippen LogP contribution in [0.2, 0.25) is 0 Å². The Hall–Kier alpha value is -2.64. The monoisotopic (exact) mass is 406 g/mol. The molecule has 0 atom stereocenters. The van der Waals surface area contributed by atoms with Crippen LogP contribution in [0.5, 0.6) is 0 Å². The minimum Gasteiger partial charge on any atom is -0.352 e. The highest BCUT2D eigenvalue weighted by atomic mass is 19.4. The molecule has 0 fully saturated rings. The summed E-state index contributed by atoms with van der Waals surface area (Å²) in [6.45, 7) is 4.36. The van der Waals surface area contributed by atoms with Crippen molar-refractivity contribution in [2.24, 2.45) is 0 Å². The zero-order valence-corrected chi connectivity index (χ0v) is 16.6. The molecule has 29 heavy (non-hydrogen) atoms. The second-order valence-electron chi connectivity index (χ2n) is 7.53. The smallest absolute Gasteiger partial charge is 0.352 e. The van der Waals surface area contributed by atoms with E-state index in [0.29, 0.717) is 17.8 Å². The summed E-state index contributed by atoms with van der Waals surface area (Å²) in [5, 5.41) is 7.15. The molecule has 0 bridgehead atoms. The molecule has 5 nitrogen and oxygen atoms in total. The van der Waals surface area contributed by atoms with E-state index in [1.165, 1.54) is 35.4 Å². The van der Waals surface area contributed by atoms with Crippen LogP contribution in [-0.2, 0) is 6.18 Å². The van der Waals surface area contributed by atoms with Crippen LogP contribution in [0.4, 0.5) is 13.2 Å². The summed E-state index contributed by atoms with van der Waals surface area (Å²) in [6.07, 6.45) is 5.48. The number of alkyl halides is 3. The molecular weight excluding hydrogens is 381 g/mol. The fraction of sp³-hybridized carbons (Fsp3) is 0.476. The molecule has 0 spiro atoms. The number of carbonyl (C=O) groups excluding carboxylic acids is 1. The van der Waals surface area contributed by atoms with Gasteiger partial charge in [0.15, 0.2) is 5.82 Å². The number of allylic oxidation sites excluding steroid dienone is 1.